The molecule has 1 fully saturated rings. The largest absolute Gasteiger partial charge is 0.454 e. The van der Waals surface area contributed by atoms with E-state index in [9.17, 15) is 13.2 Å². The number of halogens is 1. The van der Waals surface area contributed by atoms with Gasteiger partial charge in [-0.25, -0.2) is 13.4 Å². The van der Waals surface area contributed by atoms with Gasteiger partial charge in [0.2, 0.25) is 15.9 Å². The Labute approximate surface area is 200 Å². The van der Waals surface area contributed by atoms with Crippen molar-refractivity contribution < 1.29 is 17.6 Å². The number of nitrogens with zero attached hydrogens (tertiary/aromatic N) is 2. The van der Waals surface area contributed by atoms with Gasteiger partial charge in [-0.15, -0.1) is 11.3 Å². The molecule has 2 aromatic carbocycles. The zero-order chi connectivity index (χ0) is 23.0. The van der Waals surface area contributed by atoms with E-state index in [0.29, 0.717) is 41.0 Å². The second kappa shape index (κ2) is 8.90. The molecule has 5 rings (SSSR count). The molecular weight excluding hydrogens is 482 g/mol. The van der Waals surface area contributed by atoms with Gasteiger partial charge in [0.15, 0.2) is 10.9 Å². The first-order chi connectivity index (χ1) is 15.9. The first-order valence-corrected chi connectivity index (χ1v) is 13.1. The highest BCUT2D eigenvalue weighted by Gasteiger charge is 2.33. The van der Waals surface area contributed by atoms with Crippen molar-refractivity contribution in [3.8, 4) is 11.5 Å². The van der Waals surface area contributed by atoms with Gasteiger partial charge in [0.1, 0.15) is 11.3 Å². The van der Waals surface area contributed by atoms with Gasteiger partial charge in [0, 0.05) is 28.9 Å². The predicted molar refractivity (Wildman–Crippen MR) is 129 cm³/mol. The zero-order valence-electron chi connectivity index (χ0n) is 17.4. The third kappa shape index (κ3) is 4.54. The molecule has 3 heterocycles. The van der Waals surface area contributed by atoms with E-state index >= 15 is 0 Å². The molecule has 1 N–H and O–H groups in total. The number of anilines is 1. The minimum absolute atomic E-state index is 0.124. The molecule has 2 aromatic heterocycles. The Morgan fingerprint density at radius 1 is 1.18 bits per heavy atom. The molecule has 1 atom stereocenters. The van der Waals surface area contributed by atoms with E-state index in [2.05, 4.69) is 10.3 Å². The van der Waals surface area contributed by atoms with Gasteiger partial charge >= 0.3 is 0 Å². The van der Waals surface area contributed by atoms with E-state index < -0.39 is 15.9 Å². The number of carbonyl (C=O) groups excluding carboxylic acids is 1. The molecule has 170 valence electrons. The summed E-state index contributed by atoms with van der Waals surface area (Å²) in [5.74, 6) is -0.0678. The van der Waals surface area contributed by atoms with Crippen molar-refractivity contribution in [2.24, 2.45) is 5.92 Å². The fourth-order valence-electron chi connectivity index (χ4n) is 3.89. The lowest BCUT2D eigenvalue weighted by atomic mass is 9.99. The number of hydrogen-bond donors (Lipinski definition) is 1. The smallest absolute Gasteiger partial charge is 0.243 e. The lowest BCUT2D eigenvalue weighted by molar-refractivity contribution is -0.120. The molecule has 0 spiro atoms. The van der Waals surface area contributed by atoms with Gasteiger partial charge in [-0.3, -0.25) is 4.79 Å². The van der Waals surface area contributed by atoms with Gasteiger partial charge in [0.05, 0.1) is 10.8 Å². The summed E-state index contributed by atoms with van der Waals surface area (Å²) in [6.45, 7) is 0.501. The topological polar surface area (TPSA) is 92.5 Å². The minimum atomic E-state index is -3.69. The predicted octanol–water partition coefficient (Wildman–Crippen LogP) is 5.25. The third-order valence-electron chi connectivity index (χ3n) is 5.62. The second-order valence-corrected chi connectivity index (χ2v) is 11.1. The van der Waals surface area contributed by atoms with Crippen molar-refractivity contribution in [1.29, 1.82) is 0 Å². The summed E-state index contributed by atoms with van der Waals surface area (Å²) in [5.41, 5.74) is 1.41. The summed E-state index contributed by atoms with van der Waals surface area (Å²) in [6.07, 6.45) is 1.22. The van der Waals surface area contributed by atoms with Gasteiger partial charge < -0.3 is 9.73 Å². The zero-order valence-corrected chi connectivity index (χ0v) is 19.8. The summed E-state index contributed by atoms with van der Waals surface area (Å²) in [4.78, 5) is 17.6. The number of amides is 1. The van der Waals surface area contributed by atoms with Gasteiger partial charge in [0.25, 0.3) is 0 Å². The van der Waals surface area contributed by atoms with Crippen LogP contribution in [0.25, 0.3) is 22.4 Å². The van der Waals surface area contributed by atoms with Crippen LogP contribution in [0, 0.1) is 5.92 Å². The number of fused-ring (bicyclic) bond motifs is 1. The standard InChI is InChI=1S/C23H20ClN3O4S2/c24-17-7-9-18(10-8-17)33(29,30)27-11-3-5-16(13-27)22(28)26-23-25-19(14-32-23)21-12-15-4-1-2-6-20(15)31-21/h1-2,4,6-10,12,14,16H,3,5,11,13H2,(H,25,26,28). The summed E-state index contributed by atoms with van der Waals surface area (Å²) in [5, 5.41) is 6.57. The highest BCUT2D eigenvalue weighted by molar-refractivity contribution is 7.89. The van der Waals surface area contributed by atoms with E-state index in [-0.39, 0.29) is 17.3 Å². The number of rotatable bonds is 5. The average Bonchev–Trinajstić information content (AvgIpc) is 3.46. The van der Waals surface area contributed by atoms with E-state index in [1.807, 2.05) is 35.7 Å². The molecule has 4 aromatic rings. The highest BCUT2D eigenvalue weighted by atomic mass is 35.5. The first-order valence-electron chi connectivity index (χ1n) is 10.4. The number of aromatic nitrogens is 1. The molecular formula is C23H20ClN3O4S2. The summed E-state index contributed by atoms with van der Waals surface area (Å²) >= 11 is 7.18. The lowest BCUT2D eigenvalue weighted by Crippen LogP contribution is -2.43. The maximum Gasteiger partial charge on any atom is 0.243 e. The van der Waals surface area contributed by atoms with Crippen LogP contribution in [0.5, 0.6) is 0 Å². The van der Waals surface area contributed by atoms with Crippen molar-refractivity contribution in [2.45, 2.75) is 17.7 Å². The molecule has 7 nitrogen and oxygen atoms in total. The molecule has 0 bridgehead atoms. The van der Waals surface area contributed by atoms with Crippen molar-refractivity contribution >= 4 is 55.0 Å². The highest BCUT2D eigenvalue weighted by Crippen LogP contribution is 2.31. The Hall–Kier alpha value is -2.72. The molecule has 1 saturated heterocycles. The summed E-state index contributed by atoms with van der Waals surface area (Å²) in [6, 6.07) is 15.7. The maximum absolute atomic E-state index is 13.0. The van der Waals surface area contributed by atoms with E-state index in [1.54, 1.807) is 12.1 Å². The van der Waals surface area contributed by atoms with Crippen molar-refractivity contribution in [1.82, 2.24) is 9.29 Å². The molecule has 0 aliphatic carbocycles. The first kappa shape index (κ1) is 22.1. The Balaban J connectivity index is 1.27. The van der Waals surface area contributed by atoms with Crippen LogP contribution in [-0.2, 0) is 14.8 Å². The quantitative estimate of drug-likeness (QED) is 0.403. The normalized spacial score (nSPS) is 17.3. The Kier molecular flexibility index (Phi) is 5.96. The van der Waals surface area contributed by atoms with Crippen molar-refractivity contribution in [2.75, 3.05) is 18.4 Å². The third-order valence-corrected chi connectivity index (χ3v) is 8.51. The monoisotopic (exact) mass is 501 g/mol. The van der Waals surface area contributed by atoms with Gasteiger partial charge in [-0.1, -0.05) is 29.8 Å². The number of nitrogens with one attached hydrogen (secondary N) is 1. The molecule has 1 amide bonds. The lowest BCUT2D eigenvalue weighted by Gasteiger charge is -2.31. The fourth-order valence-corrected chi connectivity index (χ4v) is 6.24. The molecule has 10 heteroatoms. The van der Waals surface area contributed by atoms with Crippen LogP contribution < -0.4 is 5.32 Å². The number of carbonyl (C=O) groups is 1. The number of piperidine rings is 1. The molecule has 33 heavy (non-hydrogen) atoms. The number of thiazole rings is 1. The number of hydrogen-bond acceptors (Lipinski definition) is 6. The van der Waals surface area contributed by atoms with E-state index in [1.165, 1.54) is 27.8 Å². The fraction of sp³-hybridized carbons (Fsp3) is 0.217. The van der Waals surface area contributed by atoms with Crippen LogP contribution >= 0.6 is 22.9 Å². The second-order valence-electron chi connectivity index (χ2n) is 7.83. The minimum Gasteiger partial charge on any atom is -0.454 e. The summed E-state index contributed by atoms with van der Waals surface area (Å²) < 4.78 is 33.2. The van der Waals surface area contributed by atoms with Crippen LogP contribution in [0.3, 0.4) is 0 Å². The van der Waals surface area contributed by atoms with E-state index in [4.69, 9.17) is 16.0 Å². The number of sulfonamides is 1. The van der Waals surface area contributed by atoms with Crippen molar-refractivity contribution in [3.63, 3.8) is 0 Å². The number of benzene rings is 2. The number of para-hydroxylation sites is 1. The summed E-state index contributed by atoms with van der Waals surface area (Å²) in [7, 11) is -3.69. The van der Waals surface area contributed by atoms with Crippen molar-refractivity contribution in [3.05, 3.63) is 65.0 Å². The van der Waals surface area contributed by atoms with Crippen LogP contribution in [0.2, 0.25) is 5.02 Å². The average molecular weight is 502 g/mol. The van der Waals surface area contributed by atoms with Crippen LogP contribution in [-0.4, -0.2) is 36.7 Å². The number of furan rings is 1. The maximum atomic E-state index is 13.0. The Morgan fingerprint density at radius 3 is 2.76 bits per heavy atom. The van der Waals surface area contributed by atoms with Gasteiger partial charge in [-0.2, -0.15) is 4.31 Å². The molecule has 0 radical (unpaired) electrons. The SMILES string of the molecule is O=C(Nc1nc(-c2cc3ccccc3o2)cs1)C1CCCN(S(=O)(=O)c2ccc(Cl)cc2)C1. The van der Waals surface area contributed by atoms with E-state index in [0.717, 1.165) is 11.0 Å². The Bertz CT molecular complexity index is 1380. The van der Waals surface area contributed by atoms with Crippen LogP contribution in [0.1, 0.15) is 12.8 Å². The van der Waals surface area contributed by atoms with Crippen LogP contribution in [0.4, 0.5) is 5.13 Å². The molecule has 1 unspecified atom stereocenters. The molecule has 1 aliphatic heterocycles. The Morgan fingerprint density at radius 2 is 1.97 bits per heavy atom. The van der Waals surface area contributed by atoms with Crippen LogP contribution in [0.15, 0.2) is 69.3 Å². The molecule has 0 saturated carbocycles. The molecule has 1 aliphatic rings. The van der Waals surface area contributed by atoms with Gasteiger partial charge in [-0.05, 0) is 49.2 Å².